The highest BCUT2D eigenvalue weighted by molar-refractivity contribution is 5.34. The average molecular weight is 234 g/mol. The van der Waals surface area contributed by atoms with Crippen molar-refractivity contribution in [2.45, 2.75) is 47.0 Å². The minimum atomic E-state index is 0.694. The minimum Gasteiger partial charge on any atom is -0.497 e. The Kier molecular flexibility index (Phi) is 5.54. The highest BCUT2D eigenvalue weighted by Gasteiger charge is 2.04. The molecule has 1 rings (SSSR count). The molecule has 0 aromatic heterocycles. The zero-order chi connectivity index (χ0) is 12.8. The predicted octanol–water partition coefficient (Wildman–Crippen LogP) is 4.48. The topological polar surface area (TPSA) is 9.23 Å². The van der Waals surface area contributed by atoms with E-state index in [4.69, 9.17) is 4.74 Å². The molecule has 1 aromatic carbocycles. The fraction of sp³-hybridized carbons (Fsp3) is 0.625. The molecule has 0 fully saturated rings. The Morgan fingerprint density at radius 3 is 2.12 bits per heavy atom. The lowest BCUT2D eigenvalue weighted by molar-refractivity contribution is 0.413. The maximum absolute atomic E-state index is 5.38. The molecule has 1 heteroatoms. The molecule has 0 bridgehead atoms. The number of hydrogen-bond donors (Lipinski definition) is 0. The summed E-state index contributed by atoms with van der Waals surface area (Å²) in [6.45, 7) is 9.06. The molecular formula is C16H26O. The monoisotopic (exact) mass is 234 g/mol. The first-order valence-electron chi connectivity index (χ1n) is 6.68. The summed E-state index contributed by atoms with van der Waals surface area (Å²) in [6, 6.07) is 6.68. The summed E-state index contributed by atoms with van der Waals surface area (Å²) in [7, 11) is 1.75. The molecule has 0 heterocycles. The second-order valence-electron chi connectivity index (χ2n) is 5.72. The molecular weight excluding hydrogens is 208 g/mol. The van der Waals surface area contributed by atoms with Crippen molar-refractivity contribution in [3.05, 3.63) is 29.3 Å². The number of benzene rings is 1. The van der Waals surface area contributed by atoms with Crippen molar-refractivity contribution in [1.82, 2.24) is 0 Å². The summed E-state index contributed by atoms with van der Waals surface area (Å²) >= 11 is 0. The third-order valence-electron chi connectivity index (χ3n) is 2.92. The van der Waals surface area contributed by atoms with Crippen LogP contribution in [0.3, 0.4) is 0 Å². The van der Waals surface area contributed by atoms with Crippen LogP contribution >= 0.6 is 0 Å². The molecule has 0 aliphatic rings. The standard InChI is InChI=1S/C16H26O/c1-12(2)6-7-14-9-15(8-13(3)4)11-16(10-14)17-5/h9-13H,6-8H2,1-5H3. The summed E-state index contributed by atoms with van der Waals surface area (Å²) in [6.07, 6.45) is 3.53. The highest BCUT2D eigenvalue weighted by Crippen LogP contribution is 2.21. The van der Waals surface area contributed by atoms with Gasteiger partial charge in [-0.3, -0.25) is 0 Å². The van der Waals surface area contributed by atoms with Gasteiger partial charge in [0.2, 0.25) is 0 Å². The van der Waals surface area contributed by atoms with Gasteiger partial charge in [-0.25, -0.2) is 0 Å². The van der Waals surface area contributed by atoms with Crippen LogP contribution in [0, 0.1) is 11.8 Å². The maximum atomic E-state index is 5.38. The number of aryl methyl sites for hydroxylation is 1. The van der Waals surface area contributed by atoms with Gasteiger partial charge in [-0.05, 0) is 54.4 Å². The van der Waals surface area contributed by atoms with E-state index in [0.29, 0.717) is 5.92 Å². The number of methoxy groups -OCH3 is 1. The second-order valence-corrected chi connectivity index (χ2v) is 5.72. The second kappa shape index (κ2) is 6.68. The van der Waals surface area contributed by atoms with Gasteiger partial charge in [-0.15, -0.1) is 0 Å². The molecule has 0 unspecified atom stereocenters. The zero-order valence-corrected chi connectivity index (χ0v) is 11.9. The summed E-state index contributed by atoms with van der Waals surface area (Å²) in [5.74, 6) is 2.46. The fourth-order valence-electron chi connectivity index (χ4n) is 2.04. The van der Waals surface area contributed by atoms with Crippen molar-refractivity contribution in [3.63, 3.8) is 0 Å². The highest BCUT2D eigenvalue weighted by atomic mass is 16.5. The van der Waals surface area contributed by atoms with E-state index in [2.05, 4.69) is 45.9 Å². The van der Waals surface area contributed by atoms with Gasteiger partial charge in [-0.2, -0.15) is 0 Å². The normalized spacial score (nSPS) is 11.2. The Labute approximate surface area is 106 Å². The molecule has 96 valence electrons. The first-order valence-corrected chi connectivity index (χ1v) is 6.68. The molecule has 0 saturated carbocycles. The lowest BCUT2D eigenvalue weighted by Gasteiger charge is -2.11. The molecule has 0 saturated heterocycles. The van der Waals surface area contributed by atoms with Crippen LogP contribution in [0.15, 0.2) is 18.2 Å². The van der Waals surface area contributed by atoms with Crippen LogP contribution in [0.4, 0.5) is 0 Å². The van der Waals surface area contributed by atoms with Gasteiger partial charge in [0.25, 0.3) is 0 Å². The van der Waals surface area contributed by atoms with Gasteiger partial charge in [-0.1, -0.05) is 33.8 Å². The van der Waals surface area contributed by atoms with E-state index in [0.717, 1.165) is 24.5 Å². The van der Waals surface area contributed by atoms with Gasteiger partial charge in [0.05, 0.1) is 7.11 Å². The van der Waals surface area contributed by atoms with Gasteiger partial charge in [0.1, 0.15) is 5.75 Å². The van der Waals surface area contributed by atoms with E-state index in [1.807, 2.05) is 0 Å². The van der Waals surface area contributed by atoms with Gasteiger partial charge in [0.15, 0.2) is 0 Å². The fourth-order valence-corrected chi connectivity index (χ4v) is 2.04. The molecule has 0 radical (unpaired) electrons. The molecule has 1 aromatic rings. The van der Waals surface area contributed by atoms with Crippen LogP contribution in [0.25, 0.3) is 0 Å². The Balaban J connectivity index is 2.81. The van der Waals surface area contributed by atoms with E-state index >= 15 is 0 Å². The molecule has 0 aliphatic carbocycles. The lowest BCUT2D eigenvalue weighted by atomic mass is 9.97. The molecule has 0 atom stereocenters. The van der Waals surface area contributed by atoms with Crippen molar-refractivity contribution in [3.8, 4) is 5.75 Å². The number of rotatable bonds is 6. The molecule has 0 N–H and O–H groups in total. The van der Waals surface area contributed by atoms with Crippen LogP contribution in [-0.2, 0) is 12.8 Å². The largest absolute Gasteiger partial charge is 0.497 e. The van der Waals surface area contributed by atoms with Crippen LogP contribution in [-0.4, -0.2) is 7.11 Å². The van der Waals surface area contributed by atoms with Crippen molar-refractivity contribution in [2.24, 2.45) is 11.8 Å². The van der Waals surface area contributed by atoms with Crippen molar-refractivity contribution >= 4 is 0 Å². The van der Waals surface area contributed by atoms with E-state index in [9.17, 15) is 0 Å². The van der Waals surface area contributed by atoms with Crippen molar-refractivity contribution in [2.75, 3.05) is 7.11 Å². The van der Waals surface area contributed by atoms with Gasteiger partial charge >= 0.3 is 0 Å². The number of ether oxygens (including phenoxy) is 1. The Morgan fingerprint density at radius 1 is 0.941 bits per heavy atom. The Hall–Kier alpha value is -0.980. The SMILES string of the molecule is COc1cc(CCC(C)C)cc(CC(C)C)c1. The maximum Gasteiger partial charge on any atom is 0.119 e. The van der Waals surface area contributed by atoms with Crippen LogP contribution in [0.5, 0.6) is 5.75 Å². The molecule has 0 aliphatic heterocycles. The number of hydrogen-bond acceptors (Lipinski definition) is 1. The average Bonchev–Trinajstić information content (AvgIpc) is 2.25. The minimum absolute atomic E-state index is 0.694. The first-order chi connectivity index (χ1) is 8.01. The van der Waals surface area contributed by atoms with Gasteiger partial charge < -0.3 is 4.74 Å². The van der Waals surface area contributed by atoms with E-state index in [-0.39, 0.29) is 0 Å². The first kappa shape index (κ1) is 14.1. The van der Waals surface area contributed by atoms with Crippen molar-refractivity contribution in [1.29, 1.82) is 0 Å². The molecule has 0 spiro atoms. The quantitative estimate of drug-likeness (QED) is 0.705. The van der Waals surface area contributed by atoms with Crippen molar-refractivity contribution < 1.29 is 4.74 Å². The summed E-state index contributed by atoms with van der Waals surface area (Å²) in [4.78, 5) is 0. The van der Waals surface area contributed by atoms with E-state index in [1.165, 1.54) is 17.5 Å². The smallest absolute Gasteiger partial charge is 0.119 e. The molecule has 0 amide bonds. The Bertz CT molecular complexity index is 339. The predicted molar refractivity (Wildman–Crippen MR) is 74.7 cm³/mol. The van der Waals surface area contributed by atoms with E-state index in [1.54, 1.807) is 7.11 Å². The molecule has 1 nitrogen and oxygen atoms in total. The Morgan fingerprint density at radius 2 is 1.59 bits per heavy atom. The van der Waals surface area contributed by atoms with Crippen LogP contribution < -0.4 is 4.74 Å². The third-order valence-corrected chi connectivity index (χ3v) is 2.92. The zero-order valence-electron chi connectivity index (χ0n) is 11.9. The molecule has 17 heavy (non-hydrogen) atoms. The lowest BCUT2D eigenvalue weighted by Crippen LogP contribution is -1.98. The van der Waals surface area contributed by atoms with Crippen LogP contribution in [0.2, 0.25) is 0 Å². The summed E-state index contributed by atoms with van der Waals surface area (Å²) in [5.41, 5.74) is 2.81. The van der Waals surface area contributed by atoms with Gasteiger partial charge in [0, 0.05) is 0 Å². The van der Waals surface area contributed by atoms with Crippen LogP contribution in [0.1, 0.15) is 45.2 Å². The summed E-state index contributed by atoms with van der Waals surface area (Å²) in [5, 5.41) is 0. The third kappa shape index (κ3) is 5.25. The van der Waals surface area contributed by atoms with E-state index < -0.39 is 0 Å². The summed E-state index contributed by atoms with van der Waals surface area (Å²) < 4.78 is 5.38.